The Morgan fingerprint density at radius 1 is 1.29 bits per heavy atom. The maximum absolute atomic E-state index is 12.4. The molecule has 2 rings (SSSR count). The molecule has 0 bridgehead atoms. The predicted molar refractivity (Wildman–Crippen MR) is 79.6 cm³/mol. The summed E-state index contributed by atoms with van der Waals surface area (Å²) >= 11 is 0. The number of fused-ring (bicyclic) bond motifs is 1. The normalized spacial score (nSPS) is 18.8. The molecule has 0 aliphatic carbocycles. The Kier molecular flexibility index (Phi) is 4.96. The zero-order valence-electron chi connectivity index (χ0n) is 12.7. The Morgan fingerprint density at radius 2 is 1.95 bits per heavy atom. The van der Waals surface area contributed by atoms with Crippen LogP contribution in [0.5, 0.6) is 0 Å². The zero-order valence-corrected chi connectivity index (χ0v) is 12.7. The van der Waals surface area contributed by atoms with E-state index in [2.05, 4.69) is 16.7 Å². The van der Waals surface area contributed by atoms with Crippen molar-refractivity contribution in [2.45, 2.75) is 38.9 Å². The van der Waals surface area contributed by atoms with E-state index in [1.165, 1.54) is 18.2 Å². The van der Waals surface area contributed by atoms with Gasteiger partial charge in [0.1, 0.15) is 6.04 Å². The van der Waals surface area contributed by atoms with E-state index in [1.807, 2.05) is 32.0 Å². The summed E-state index contributed by atoms with van der Waals surface area (Å²) in [5.74, 6) is -0.583. The molecular weight excluding hydrogens is 268 g/mol. The molecule has 1 unspecified atom stereocenters. The van der Waals surface area contributed by atoms with Gasteiger partial charge in [-0.25, -0.2) is 4.79 Å². The van der Waals surface area contributed by atoms with Gasteiger partial charge in [-0.15, -0.1) is 0 Å². The lowest BCUT2D eigenvalue weighted by atomic mass is 9.95. The lowest BCUT2D eigenvalue weighted by molar-refractivity contribution is -0.146. The van der Waals surface area contributed by atoms with Crippen LogP contribution in [0.25, 0.3) is 0 Å². The van der Waals surface area contributed by atoms with Crippen molar-refractivity contribution < 1.29 is 14.3 Å². The van der Waals surface area contributed by atoms with E-state index in [9.17, 15) is 9.59 Å². The highest BCUT2D eigenvalue weighted by molar-refractivity contribution is 5.88. The minimum absolute atomic E-state index is 0.0164. The van der Waals surface area contributed by atoms with Crippen molar-refractivity contribution in [2.24, 2.45) is 5.92 Å². The topological polar surface area (TPSA) is 67.4 Å². The van der Waals surface area contributed by atoms with Gasteiger partial charge in [-0.2, -0.15) is 0 Å². The number of benzene rings is 1. The molecule has 0 radical (unpaired) electrons. The Balaban J connectivity index is 2.03. The van der Waals surface area contributed by atoms with Gasteiger partial charge >= 0.3 is 5.97 Å². The van der Waals surface area contributed by atoms with Crippen LogP contribution in [0.4, 0.5) is 0 Å². The molecule has 0 saturated heterocycles. The van der Waals surface area contributed by atoms with E-state index in [0.717, 1.165) is 0 Å². The minimum Gasteiger partial charge on any atom is -0.467 e. The first-order valence-electron chi connectivity index (χ1n) is 7.21. The van der Waals surface area contributed by atoms with Gasteiger partial charge in [-0.3, -0.25) is 4.79 Å². The third kappa shape index (κ3) is 3.61. The molecule has 0 aromatic heterocycles. The Hall–Kier alpha value is -1.88. The summed E-state index contributed by atoms with van der Waals surface area (Å²) in [6, 6.07) is 7.14. The average Bonchev–Trinajstić information content (AvgIpc) is 2.50. The van der Waals surface area contributed by atoms with Crippen molar-refractivity contribution in [3.63, 3.8) is 0 Å². The Bertz CT molecular complexity index is 528. The highest BCUT2D eigenvalue weighted by atomic mass is 16.5. The van der Waals surface area contributed by atoms with Gasteiger partial charge in [0.25, 0.3) is 0 Å². The number of carbonyl (C=O) groups excluding carboxylic acids is 2. The van der Waals surface area contributed by atoms with Gasteiger partial charge in [0, 0.05) is 6.54 Å². The van der Waals surface area contributed by atoms with Crippen molar-refractivity contribution in [1.82, 2.24) is 10.6 Å². The van der Waals surface area contributed by atoms with E-state index in [-0.39, 0.29) is 17.9 Å². The Morgan fingerprint density at radius 3 is 2.57 bits per heavy atom. The van der Waals surface area contributed by atoms with Gasteiger partial charge in [0.2, 0.25) is 5.91 Å². The summed E-state index contributed by atoms with van der Waals surface area (Å²) in [7, 11) is 1.33. The van der Waals surface area contributed by atoms with Crippen molar-refractivity contribution >= 4 is 11.9 Å². The lowest BCUT2D eigenvalue weighted by Crippen LogP contribution is -2.53. The standard InChI is InChI=1S/C16H22N2O3/c1-10(2)14(16(20)21-3)18-15(19)13-8-11-6-4-5-7-12(11)9-17-13/h4-7,10,13-14,17H,8-9H2,1-3H3,(H,18,19)/t13-,14?/m1/s1. The molecule has 1 aromatic carbocycles. The van der Waals surface area contributed by atoms with Crippen molar-refractivity contribution in [1.29, 1.82) is 0 Å². The van der Waals surface area contributed by atoms with Crippen LogP contribution >= 0.6 is 0 Å². The predicted octanol–water partition coefficient (Wildman–Crippen LogP) is 1.01. The first kappa shape index (κ1) is 15.5. The highest BCUT2D eigenvalue weighted by Crippen LogP contribution is 2.16. The van der Waals surface area contributed by atoms with Crippen molar-refractivity contribution in [3.8, 4) is 0 Å². The summed E-state index contributed by atoms with van der Waals surface area (Å²) in [4.78, 5) is 24.1. The molecule has 0 spiro atoms. The highest BCUT2D eigenvalue weighted by Gasteiger charge is 2.30. The molecule has 1 aromatic rings. The number of ether oxygens (including phenoxy) is 1. The largest absolute Gasteiger partial charge is 0.467 e. The van der Waals surface area contributed by atoms with Crippen LogP contribution < -0.4 is 10.6 Å². The fourth-order valence-electron chi connectivity index (χ4n) is 2.52. The zero-order chi connectivity index (χ0) is 15.4. The van der Waals surface area contributed by atoms with E-state index >= 15 is 0 Å². The number of rotatable bonds is 4. The minimum atomic E-state index is -0.610. The SMILES string of the molecule is COC(=O)C(NC(=O)[C@H]1Cc2ccccc2CN1)C(C)C. The quantitative estimate of drug-likeness (QED) is 0.812. The molecule has 114 valence electrons. The molecule has 5 nitrogen and oxygen atoms in total. The monoisotopic (exact) mass is 290 g/mol. The van der Waals surface area contributed by atoms with Crippen LogP contribution in [-0.4, -0.2) is 31.1 Å². The lowest BCUT2D eigenvalue weighted by Gasteiger charge is -2.28. The Labute approximate surface area is 125 Å². The van der Waals surface area contributed by atoms with Crippen LogP contribution in [0.1, 0.15) is 25.0 Å². The average molecular weight is 290 g/mol. The number of esters is 1. The summed E-state index contributed by atoms with van der Waals surface area (Å²) < 4.78 is 4.74. The van der Waals surface area contributed by atoms with Crippen LogP contribution in [-0.2, 0) is 27.3 Å². The third-order valence-electron chi connectivity index (χ3n) is 3.82. The molecule has 2 atom stereocenters. The van der Waals surface area contributed by atoms with Crippen molar-refractivity contribution in [2.75, 3.05) is 7.11 Å². The molecule has 5 heteroatoms. The van der Waals surface area contributed by atoms with Gasteiger partial charge in [-0.05, 0) is 23.5 Å². The van der Waals surface area contributed by atoms with Gasteiger partial charge in [-0.1, -0.05) is 38.1 Å². The summed E-state index contributed by atoms with van der Waals surface area (Å²) in [6.45, 7) is 4.43. The molecular formula is C16H22N2O3. The summed E-state index contributed by atoms with van der Waals surface area (Å²) in [5.41, 5.74) is 2.39. The van der Waals surface area contributed by atoms with Crippen LogP contribution in [0.2, 0.25) is 0 Å². The number of hydrogen-bond donors (Lipinski definition) is 2. The third-order valence-corrected chi connectivity index (χ3v) is 3.82. The number of hydrogen-bond acceptors (Lipinski definition) is 4. The van der Waals surface area contributed by atoms with Crippen molar-refractivity contribution in [3.05, 3.63) is 35.4 Å². The first-order chi connectivity index (χ1) is 10.0. The molecule has 0 saturated carbocycles. The smallest absolute Gasteiger partial charge is 0.328 e. The second kappa shape index (κ2) is 6.72. The fourth-order valence-corrected chi connectivity index (χ4v) is 2.52. The summed E-state index contributed by atoms with van der Waals surface area (Å²) in [6.07, 6.45) is 0.633. The number of methoxy groups -OCH3 is 1. The first-order valence-corrected chi connectivity index (χ1v) is 7.21. The van der Waals surface area contributed by atoms with E-state index < -0.39 is 12.0 Å². The van der Waals surface area contributed by atoms with E-state index in [4.69, 9.17) is 4.74 Å². The molecule has 1 amide bonds. The second-order valence-corrected chi connectivity index (χ2v) is 5.66. The van der Waals surface area contributed by atoms with Gasteiger partial charge in [0.15, 0.2) is 0 Å². The van der Waals surface area contributed by atoms with Crippen LogP contribution in [0, 0.1) is 5.92 Å². The second-order valence-electron chi connectivity index (χ2n) is 5.66. The van der Waals surface area contributed by atoms with Crippen LogP contribution in [0.15, 0.2) is 24.3 Å². The molecule has 0 fully saturated rings. The maximum Gasteiger partial charge on any atom is 0.328 e. The van der Waals surface area contributed by atoms with E-state index in [0.29, 0.717) is 13.0 Å². The fraction of sp³-hybridized carbons (Fsp3) is 0.500. The number of nitrogens with one attached hydrogen (secondary N) is 2. The maximum atomic E-state index is 12.4. The molecule has 1 aliphatic rings. The molecule has 21 heavy (non-hydrogen) atoms. The van der Waals surface area contributed by atoms with Crippen LogP contribution in [0.3, 0.4) is 0 Å². The van der Waals surface area contributed by atoms with E-state index in [1.54, 1.807) is 0 Å². The van der Waals surface area contributed by atoms with Gasteiger partial charge < -0.3 is 15.4 Å². The number of carbonyl (C=O) groups is 2. The molecule has 1 heterocycles. The number of amides is 1. The van der Waals surface area contributed by atoms with Gasteiger partial charge in [0.05, 0.1) is 13.2 Å². The molecule has 1 aliphatic heterocycles. The molecule has 2 N–H and O–H groups in total. The summed E-state index contributed by atoms with van der Waals surface area (Å²) in [5, 5.41) is 6.00.